The maximum atomic E-state index is 12.5. The number of primary amides is 1. The van der Waals surface area contributed by atoms with E-state index >= 15 is 0 Å². The van der Waals surface area contributed by atoms with Gasteiger partial charge in [-0.2, -0.15) is 0 Å². The van der Waals surface area contributed by atoms with Crippen molar-refractivity contribution in [1.29, 1.82) is 0 Å². The van der Waals surface area contributed by atoms with Gasteiger partial charge < -0.3 is 19.9 Å². The van der Waals surface area contributed by atoms with Crippen LogP contribution in [0.25, 0.3) is 0 Å². The molecule has 0 spiro atoms. The van der Waals surface area contributed by atoms with Crippen molar-refractivity contribution in [2.75, 3.05) is 13.7 Å². The monoisotopic (exact) mass is 436 g/mol. The van der Waals surface area contributed by atoms with Crippen LogP contribution in [-0.2, 0) is 11.3 Å². The number of esters is 1. The molecule has 9 nitrogen and oxygen atoms in total. The highest BCUT2D eigenvalue weighted by molar-refractivity contribution is 6.32. The number of nitro groups is 1. The second-order valence-corrected chi connectivity index (χ2v) is 7.14. The Morgan fingerprint density at radius 2 is 1.90 bits per heavy atom. The minimum Gasteiger partial charge on any atom is -0.493 e. The summed E-state index contributed by atoms with van der Waals surface area (Å²) in [7, 11) is 1.41. The molecule has 0 saturated carbocycles. The van der Waals surface area contributed by atoms with Crippen molar-refractivity contribution in [1.82, 2.24) is 0 Å². The van der Waals surface area contributed by atoms with Gasteiger partial charge in [-0.1, -0.05) is 25.4 Å². The fourth-order valence-electron chi connectivity index (χ4n) is 2.46. The predicted molar refractivity (Wildman–Crippen MR) is 109 cm³/mol. The van der Waals surface area contributed by atoms with E-state index in [1.54, 1.807) is 0 Å². The largest absolute Gasteiger partial charge is 0.493 e. The fraction of sp³-hybridized carbons (Fsp3) is 0.300. The summed E-state index contributed by atoms with van der Waals surface area (Å²) in [5, 5.41) is 11.4. The zero-order chi connectivity index (χ0) is 22.4. The van der Waals surface area contributed by atoms with Crippen molar-refractivity contribution in [2.24, 2.45) is 11.7 Å². The van der Waals surface area contributed by atoms with Gasteiger partial charge in [0.05, 0.1) is 34.8 Å². The quantitative estimate of drug-likeness (QED) is 0.359. The molecule has 2 aromatic carbocycles. The lowest BCUT2D eigenvalue weighted by molar-refractivity contribution is -0.385. The first-order valence-corrected chi connectivity index (χ1v) is 9.26. The average molecular weight is 437 g/mol. The predicted octanol–water partition coefficient (Wildman–Crippen LogP) is 3.75. The third-order valence-corrected chi connectivity index (χ3v) is 4.23. The summed E-state index contributed by atoms with van der Waals surface area (Å²) < 4.78 is 16.1. The van der Waals surface area contributed by atoms with Gasteiger partial charge in [0.25, 0.3) is 5.69 Å². The van der Waals surface area contributed by atoms with Crippen molar-refractivity contribution in [2.45, 2.75) is 20.5 Å². The summed E-state index contributed by atoms with van der Waals surface area (Å²) in [6, 6.07) is 6.44. The Morgan fingerprint density at radius 3 is 2.47 bits per heavy atom. The number of nitro benzene ring substituents is 1. The molecule has 10 heteroatoms. The molecule has 0 aliphatic carbocycles. The third-order valence-electron chi connectivity index (χ3n) is 3.95. The SMILES string of the molecule is COc1cc(C(=O)OCc2ccc(C(N)=O)cc2[N+](=O)[O-])cc(Cl)c1OCC(C)C. The van der Waals surface area contributed by atoms with Gasteiger partial charge in [-0.05, 0) is 30.2 Å². The number of benzene rings is 2. The van der Waals surface area contributed by atoms with E-state index in [1.807, 2.05) is 13.8 Å². The summed E-state index contributed by atoms with van der Waals surface area (Å²) in [5.74, 6) is -0.747. The summed E-state index contributed by atoms with van der Waals surface area (Å²) >= 11 is 6.23. The van der Waals surface area contributed by atoms with Gasteiger partial charge in [-0.15, -0.1) is 0 Å². The highest BCUT2D eigenvalue weighted by atomic mass is 35.5. The molecule has 0 fully saturated rings. The summed E-state index contributed by atoms with van der Waals surface area (Å²) in [6.45, 7) is 3.97. The molecule has 160 valence electrons. The van der Waals surface area contributed by atoms with Crippen LogP contribution in [0.5, 0.6) is 11.5 Å². The number of methoxy groups -OCH3 is 1. The van der Waals surface area contributed by atoms with Crippen molar-refractivity contribution >= 4 is 29.2 Å². The molecule has 2 rings (SSSR count). The Bertz CT molecular complexity index is 976. The summed E-state index contributed by atoms with van der Waals surface area (Å²) in [6.07, 6.45) is 0. The first-order chi connectivity index (χ1) is 14.1. The maximum absolute atomic E-state index is 12.5. The van der Waals surface area contributed by atoms with E-state index in [2.05, 4.69) is 0 Å². The number of hydrogen-bond donors (Lipinski definition) is 1. The molecule has 0 unspecified atom stereocenters. The van der Waals surface area contributed by atoms with E-state index in [1.165, 1.54) is 31.4 Å². The lowest BCUT2D eigenvalue weighted by atomic mass is 10.1. The minimum absolute atomic E-state index is 0.0229. The van der Waals surface area contributed by atoms with E-state index in [0.29, 0.717) is 12.4 Å². The molecule has 0 atom stereocenters. The number of carbonyl (C=O) groups excluding carboxylic acids is 2. The van der Waals surface area contributed by atoms with Crippen LogP contribution in [0.3, 0.4) is 0 Å². The van der Waals surface area contributed by atoms with Crippen molar-refractivity contribution in [3.05, 3.63) is 62.2 Å². The second-order valence-electron chi connectivity index (χ2n) is 6.74. The number of hydrogen-bond acceptors (Lipinski definition) is 7. The smallest absolute Gasteiger partial charge is 0.338 e. The van der Waals surface area contributed by atoms with Crippen LogP contribution >= 0.6 is 11.6 Å². The summed E-state index contributed by atoms with van der Waals surface area (Å²) in [5.41, 5.74) is 4.93. The molecule has 1 amide bonds. The molecule has 0 aromatic heterocycles. The standard InChI is InChI=1S/C20H21ClN2O7/c1-11(2)9-29-18-15(21)6-14(8-17(18)28-3)20(25)30-10-13-5-4-12(19(22)24)7-16(13)23(26)27/h4-8,11H,9-10H2,1-3H3,(H2,22,24). The number of halogens is 1. The molecule has 0 aliphatic heterocycles. The van der Waals surface area contributed by atoms with Gasteiger partial charge in [-0.3, -0.25) is 14.9 Å². The first-order valence-electron chi connectivity index (χ1n) is 8.88. The van der Waals surface area contributed by atoms with Crippen LogP contribution in [-0.4, -0.2) is 30.5 Å². The number of amides is 1. The Balaban J connectivity index is 2.21. The number of nitrogens with zero attached hydrogens (tertiary/aromatic N) is 1. The average Bonchev–Trinajstić information content (AvgIpc) is 2.69. The van der Waals surface area contributed by atoms with E-state index in [-0.39, 0.29) is 45.7 Å². The van der Waals surface area contributed by atoms with Crippen molar-refractivity contribution < 1.29 is 28.7 Å². The molecule has 0 radical (unpaired) electrons. The Kier molecular flexibility index (Phi) is 7.60. The van der Waals surface area contributed by atoms with Crippen LogP contribution in [0.2, 0.25) is 5.02 Å². The van der Waals surface area contributed by atoms with Crippen LogP contribution in [0.15, 0.2) is 30.3 Å². The Hall–Kier alpha value is -3.33. The van der Waals surface area contributed by atoms with Gasteiger partial charge in [-0.25, -0.2) is 4.79 Å². The molecule has 0 saturated heterocycles. The fourth-order valence-corrected chi connectivity index (χ4v) is 2.73. The lowest BCUT2D eigenvalue weighted by Gasteiger charge is -2.15. The Morgan fingerprint density at radius 1 is 1.20 bits per heavy atom. The van der Waals surface area contributed by atoms with Crippen LogP contribution < -0.4 is 15.2 Å². The van der Waals surface area contributed by atoms with Gasteiger partial charge in [0.15, 0.2) is 11.5 Å². The van der Waals surface area contributed by atoms with E-state index in [0.717, 1.165) is 6.07 Å². The van der Waals surface area contributed by atoms with Crippen LogP contribution in [0.1, 0.15) is 40.1 Å². The number of carbonyl (C=O) groups is 2. The zero-order valence-corrected chi connectivity index (χ0v) is 17.4. The molecule has 0 heterocycles. The van der Waals surface area contributed by atoms with Crippen molar-refractivity contribution in [3.63, 3.8) is 0 Å². The van der Waals surface area contributed by atoms with Gasteiger partial charge in [0.2, 0.25) is 5.91 Å². The number of ether oxygens (including phenoxy) is 3. The summed E-state index contributed by atoms with van der Waals surface area (Å²) in [4.78, 5) is 34.2. The highest BCUT2D eigenvalue weighted by Gasteiger charge is 2.20. The molecule has 0 bridgehead atoms. The van der Waals surface area contributed by atoms with Crippen LogP contribution in [0, 0.1) is 16.0 Å². The van der Waals surface area contributed by atoms with Gasteiger partial charge in [0, 0.05) is 11.6 Å². The molecule has 30 heavy (non-hydrogen) atoms. The third kappa shape index (κ3) is 5.60. The van der Waals surface area contributed by atoms with Crippen LogP contribution in [0.4, 0.5) is 5.69 Å². The minimum atomic E-state index is -0.803. The van der Waals surface area contributed by atoms with E-state index in [4.69, 9.17) is 31.5 Å². The van der Waals surface area contributed by atoms with E-state index < -0.39 is 16.8 Å². The van der Waals surface area contributed by atoms with Crippen molar-refractivity contribution in [3.8, 4) is 11.5 Å². The topological polar surface area (TPSA) is 131 Å². The molecule has 0 aliphatic rings. The maximum Gasteiger partial charge on any atom is 0.338 e. The normalized spacial score (nSPS) is 10.6. The molecule has 2 aromatic rings. The van der Waals surface area contributed by atoms with Gasteiger partial charge >= 0.3 is 5.97 Å². The zero-order valence-electron chi connectivity index (χ0n) is 16.6. The molecule has 2 N–H and O–H groups in total. The number of rotatable bonds is 9. The molecular weight excluding hydrogens is 416 g/mol. The first kappa shape index (κ1) is 23.0. The Labute approximate surface area is 177 Å². The lowest BCUT2D eigenvalue weighted by Crippen LogP contribution is -2.12. The van der Waals surface area contributed by atoms with E-state index in [9.17, 15) is 19.7 Å². The second kappa shape index (κ2) is 9.93. The number of nitrogens with two attached hydrogens (primary N) is 1. The van der Waals surface area contributed by atoms with Gasteiger partial charge in [0.1, 0.15) is 6.61 Å². The highest BCUT2D eigenvalue weighted by Crippen LogP contribution is 2.37. The molecular formula is C20H21ClN2O7.